The van der Waals surface area contributed by atoms with Crippen molar-refractivity contribution in [2.75, 3.05) is 11.4 Å². The van der Waals surface area contributed by atoms with E-state index in [-0.39, 0.29) is 37.0 Å². The maximum Gasteiger partial charge on any atom is 0.322 e. The molecular weight excluding hydrogens is 566 g/mol. The van der Waals surface area contributed by atoms with E-state index in [4.69, 9.17) is 9.05 Å². The molecule has 2 heterocycles. The van der Waals surface area contributed by atoms with Gasteiger partial charge in [0.15, 0.2) is 11.6 Å². The van der Waals surface area contributed by atoms with Crippen molar-refractivity contribution >= 4 is 11.6 Å². The van der Waals surface area contributed by atoms with Crippen LogP contribution in [0.3, 0.4) is 0 Å². The molecule has 0 unspecified atom stereocenters. The van der Waals surface area contributed by atoms with Gasteiger partial charge < -0.3 is 13.9 Å². The topological polar surface area (TPSA) is 98.2 Å². The summed E-state index contributed by atoms with van der Waals surface area (Å²) < 4.78 is 66.1. The molecule has 5 fully saturated rings. The van der Waals surface area contributed by atoms with Crippen LogP contribution in [0.2, 0.25) is 0 Å². The van der Waals surface area contributed by atoms with Crippen molar-refractivity contribution in [1.29, 1.82) is 0 Å². The molecule has 0 saturated heterocycles. The Bertz CT molecular complexity index is 1480. The Morgan fingerprint density at radius 2 is 1.65 bits per heavy atom. The molecule has 3 aromatic rings. The highest BCUT2D eigenvalue weighted by atomic mass is 19.3. The summed E-state index contributed by atoms with van der Waals surface area (Å²) in [6, 6.07) is 7.46. The number of benzene rings is 1. The van der Waals surface area contributed by atoms with Crippen molar-refractivity contribution in [2.24, 2.45) is 11.3 Å². The number of hydrogen-bond donors (Lipinski definition) is 0. The normalized spacial score (nSPS) is 27.4. The SMILES string of the molecule is CC(F)(F)c1nc(C23CCC(CN(C(=O)C4CCC(F)(F)CC4)c4cccc(-c5nc(C6CC6)no5)c4)(CC2)CC3)no1. The van der Waals surface area contributed by atoms with E-state index in [1.807, 2.05) is 24.3 Å². The number of hydrogen-bond acceptors (Lipinski definition) is 7. The fourth-order valence-electron chi connectivity index (χ4n) is 7.26. The number of rotatable bonds is 8. The van der Waals surface area contributed by atoms with Crippen molar-refractivity contribution in [2.45, 2.75) is 107 Å². The van der Waals surface area contributed by atoms with Crippen molar-refractivity contribution in [3.63, 3.8) is 0 Å². The molecule has 1 aromatic carbocycles. The summed E-state index contributed by atoms with van der Waals surface area (Å²) >= 11 is 0. The molecule has 5 saturated carbocycles. The van der Waals surface area contributed by atoms with Crippen LogP contribution in [0, 0.1) is 11.3 Å². The number of alkyl halides is 4. The Kier molecular flexibility index (Phi) is 6.70. The van der Waals surface area contributed by atoms with Crippen molar-refractivity contribution < 1.29 is 31.4 Å². The van der Waals surface area contributed by atoms with Crippen LogP contribution in [0.1, 0.15) is 107 Å². The first-order valence-corrected chi connectivity index (χ1v) is 15.3. The highest BCUT2D eigenvalue weighted by Gasteiger charge is 2.53. The number of fused-ring (bicyclic) bond motifs is 3. The fraction of sp³-hybridized carbons (Fsp3) is 0.645. The largest absolute Gasteiger partial charge is 0.334 e. The third kappa shape index (κ3) is 5.46. The molecule has 0 spiro atoms. The molecule has 0 atom stereocenters. The Morgan fingerprint density at radius 1 is 0.953 bits per heavy atom. The molecule has 0 N–H and O–H groups in total. The van der Waals surface area contributed by atoms with Crippen LogP contribution in [0.25, 0.3) is 11.5 Å². The number of carbonyl (C=O) groups excluding carboxylic acids is 1. The third-order valence-electron chi connectivity index (χ3n) is 10.3. The molecule has 12 heteroatoms. The molecule has 8 rings (SSSR count). The summed E-state index contributed by atoms with van der Waals surface area (Å²) in [5.74, 6) is -5.46. The quantitative estimate of drug-likeness (QED) is 0.246. The van der Waals surface area contributed by atoms with E-state index in [0.29, 0.717) is 60.5 Å². The Balaban J connectivity index is 1.14. The van der Waals surface area contributed by atoms with Crippen molar-refractivity contribution in [3.05, 3.63) is 41.8 Å². The average molecular weight is 602 g/mol. The lowest BCUT2D eigenvalue weighted by molar-refractivity contribution is -0.127. The molecule has 8 nitrogen and oxygen atoms in total. The summed E-state index contributed by atoms with van der Waals surface area (Å²) in [5, 5.41) is 8.07. The number of carbonyl (C=O) groups is 1. The van der Waals surface area contributed by atoms with Gasteiger partial charge >= 0.3 is 5.92 Å². The zero-order valence-electron chi connectivity index (χ0n) is 24.1. The Hall–Kier alpha value is -3.31. The lowest BCUT2D eigenvalue weighted by Crippen LogP contribution is -2.52. The number of amides is 1. The highest BCUT2D eigenvalue weighted by Crippen LogP contribution is 2.58. The smallest absolute Gasteiger partial charge is 0.322 e. The highest BCUT2D eigenvalue weighted by molar-refractivity contribution is 5.95. The molecular formula is C31H35F4N5O3. The van der Waals surface area contributed by atoms with Crippen LogP contribution in [-0.2, 0) is 16.1 Å². The second-order valence-electron chi connectivity index (χ2n) is 13.4. The first-order chi connectivity index (χ1) is 20.4. The fourth-order valence-corrected chi connectivity index (χ4v) is 7.26. The van der Waals surface area contributed by atoms with Gasteiger partial charge in [-0.2, -0.15) is 18.7 Å². The van der Waals surface area contributed by atoms with E-state index in [1.165, 1.54) is 0 Å². The van der Waals surface area contributed by atoms with Crippen LogP contribution in [0.15, 0.2) is 33.3 Å². The minimum absolute atomic E-state index is 0.137. The molecule has 0 radical (unpaired) electrons. The van der Waals surface area contributed by atoms with Gasteiger partial charge in [0, 0.05) is 54.8 Å². The molecule has 0 aliphatic heterocycles. The predicted octanol–water partition coefficient (Wildman–Crippen LogP) is 7.56. The second kappa shape index (κ2) is 10.1. The maximum absolute atomic E-state index is 14.1. The van der Waals surface area contributed by atoms with E-state index in [1.54, 1.807) is 4.90 Å². The van der Waals surface area contributed by atoms with Gasteiger partial charge in [-0.05, 0) is 87.8 Å². The van der Waals surface area contributed by atoms with Crippen molar-refractivity contribution in [3.8, 4) is 11.5 Å². The van der Waals surface area contributed by atoms with E-state index >= 15 is 0 Å². The third-order valence-corrected chi connectivity index (χ3v) is 10.3. The van der Waals surface area contributed by atoms with Crippen LogP contribution >= 0.6 is 0 Å². The average Bonchev–Trinajstić information content (AvgIpc) is 3.48. The molecule has 2 aromatic heterocycles. The van der Waals surface area contributed by atoms with Gasteiger partial charge in [-0.1, -0.05) is 16.4 Å². The minimum atomic E-state index is -3.20. The van der Waals surface area contributed by atoms with Gasteiger partial charge in [0.05, 0.1) is 0 Å². The van der Waals surface area contributed by atoms with Crippen LogP contribution < -0.4 is 4.90 Å². The Morgan fingerprint density at radius 3 is 2.28 bits per heavy atom. The van der Waals surface area contributed by atoms with Gasteiger partial charge in [0.1, 0.15) is 0 Å². The maximum atomic E-state index is 14.1. The number of halogens is 4. The summed E-state index contributed by atoms with van der Waals surface area (Å²) in [6.07, 6.45) is 6.19. The summed E-state index contributed by atoms with van der Waals surface area (Å²) in [6.45, 7) is 1.19. The number of anilines is 1. The van der Waals surface area contributed by atoms with Crippen LogP contribution in [-0.4, -0.2) is 38.7 Å². The van der Waals surface area contributed by atoms with Crippen LogP contribution in [0.5, 0.6) is 0 Å². The van der Waals surface area contributed by atoms with E-state index in [9.17, 15) is 22.4 Å². The molecule has 5 aliphatic rings. The van der Waals surface area contributed by atoms with Crippen molar-refractivity contribution in [1.82, 2.24) is 20.3 Å². The summed E-state index contributed by atoms with van der Waals surface area (Å²) in [7, 11) is 0. The summed E-state index contributed by atoms with van der Waals surface area (Å²) in [5.41, 5.74) is 0.761. The van der Waals surface area contributed by atoms with Gasteiger partial charge in [-0.15, -0.1) is 0 Å². The van der Waals surface area contributed by atoms with Crippen LogP contribution in [0.4, 0.5) is 23.2 Å². The minimum Gasteiger partial charge on any atom is -0.334 e. The molecule has 5 aliphatic carbocycles. The summed E-state index contributed by atoms with van der Waals surface area (Å²) in [4.78, 5) is 24.6. The lowest BCUT2D eigenvalue weighted by Gasteiger charge is -2.53. The zero-order valence-corrected chi connectivity index (χ0v) is 24.1. The van der Waals surface area contributed by atoms with Gasteiger partial charge in [-0.25, -0.2) is 8.78 Å². The second-order valence-corrected chi connectivity index (χ2v) is 13.4. The number of aromatic nitrogens is 4. The Labute approximate surface area is 246 Å². The number of nitrogens with zero attached hydrogens (tertiary/aromatic N) is 5. The molecule has 2 bridgehead atoms. The first kappa shape index (κ1) is 28.5. The lowest BCUT2D eigenvalue weighted by atomic mass is 9.53. The first-order valence-electron chi connectivity index (χ1n) is 15.3. The van der Waals surface area contributed by atoms with E-state index in [2.05, 4.69) is 20.3 Å². The molecule has 43 heavy (non-hydrogen) atoms. The zero-order chi connectivity index (χ0) is 30.0. The standard InChI is InChI=1S/C31H35F4N5O3/c1-28(32,33)27-37-26(39-43-27)30-14-11-29(12-15-30,13-16-30)18-40(25(41)20-7-9-31(34,35)10-8-20)22-4-2-3-21(17-22)24-36-23(38-42-24)19-5-6-19/h2-4,17,19-20H,5-16,18H2,1H3. The monoisotopic (exact) mass is 601 g/mol. The molecule has 1 amide bonds. The van der Waals surface area contributed by atoms with E-state index in [0.717, 1.165) is 39.0 Å². The predicted molar refractivity (Wildman–Crippen MR) is 147 cm³/mol. The van der Waals surface area contributed by atoms with Gasteiger partial charge in [-0.3, -0.25) is 4.79 Å². The van der Waals surface area contributed by atoms with Gasteiger partial charge in [0.2, 0.25) is 11.8 Å². The van der Waals surface area contributed by atoms with Gasteiger partial charge in [0.25, 0.3) is 11.8 Å². The molecule has 230 valence electrons. The van der Waals surface area contributed by atoms with E-state index < -0.39 is 29.1 Å².